The molecule has 0 spiro atoms. The highest BCUT2D eigenvalue weighted by Gasteiger charge is 2.00. The van der Waals surface area contributed by atoms with Crippen molar-refractivity contribution in [3.63, 3.8) is 0 Å². The molecule has 0 heterocycles. The van der Waals surface area contributed by atoms with Crippen molar-refractivity contribution in [3.8, 4) is 0 Å². The minimum atomic E-state index is -3.25. The second-order valence-corrected chi connectivity index (χ2v) is 9.52. The molecule has 0 radical (unpaired) electrons. The lowest BCUT2D eigenvalue weighted by molar-refractivity contribution is 0.309. The van der Waals surface area contributed by atoms with Gasteiger partial charge in [0.15, 0.2) is 0 Å². The molecule has 27 heavy (non-hydrogen) atoms. The number of hydrogen-bond acceptors (Lipinski definition) is 3. The first-order chi connectivity index (χ1) is 13.1. The Morgan fingerprint density at radius 1 is 0.593 bits per heavy atom. The van der Waals surface area contributed by atoms with Crippen LogP contribution in [0.15, 0.2) is 12.2 Å². The molecule has 162 valence electrons. The van der Waals surface area contributed by atoms with Gasteiger partial charge < -0.3 is 0 Å². The highest BCUT2D eigenvalue weighted by molar-refractivity contribution is 7.85. The zero-order valence-corrected chi connectivity index (χ0v) is 19.0. The van der Waals surface area contributed by atoms with E-state index >= 15 is 0 Å². The van der Waals surface area contributed by atoms with E-state index in [2.05, 4.69) is 19.1 Å². The summed E-state index contributed by atoms with van der Waals surface area (Å²) >= 11 is 0. The van der Waals surface area contributed by atoms with Crippen LogP contribution in [0.4, 0.5) is 0 Å². The van der Waals surface area contributed by atoms with Crippen molar-refractivity contribution in [2.75, 3.05) is 12.9 Å². The van der Waals surface area contributed by atoms with Gasteiger partial charge in [0.05, 0.1) is 12.9 Å². The van der Waals surface area contributed by atoms with Gasteiger partial charge in [-0.3, -0.25) is 4.18 Å². The van der Waals surface area contributed by atoms with E-state index in [9.17, 15) is 8.42 Å². The molecule has 0 aromatic carbocycles. The van der Waals surface area contributed by atoms with Crippen LogP contribution in [0.3, 0.4) is 0 Å². The van der Waals surface area contributed by atoms with Gasteiger partial charge in [-0.1, -0.05) is 103 Å². The maximum Gasteiger partial charge on any atom is 0.264 e. The molecule has 0 bridgehead atoms. The van der Waals surface area contributed by atoms with Gasteiger partial charge in [-0.25, -0.2) is 0 Å². The van der Waals surface area contributed by atoms with Gasteiger partial charge in [0.2, 0.25) is 0 Å². The summed E-state index contributed by atoms with van der Waals surface area (Å²) in [5.74, 6) is 0. The van der Waals surface area contributed by atoms with Crippen molar-refractivity contribution in [1.29, 1.82) is 0 Å². The van der Waals surface area contributed by atoms with Gasteiger partial charge in [-0.15, -0.1) is 0 Å². The van der Waals surface area contributed by atoms with Crippen LogP contribution in [0.5, 0.6) is 0 Å². The van der Waals surface area contributed by atoms with E-state index in [0.29, 0.717) is 6.61 Å². The summed E-state index contributed by atoms with van der Waals surface area (Å²) in [6, 6.07) is 0. The lowest BCUT2D eigenvalue weighted by atomic mass is 10.1. The molecule has 3 nitrogen and oxygen atoms in total. The topological polar surface area (TPSA) is 43.4 Å². The van der Waals surface area contributed by atoms with Crippen molar-refractivity contribution >= 4 is 10.1 Å². The SMILES string of the molecule is CCCCCCCC/C=C/CCCCCCCCCCCCOS(C)(=O)=O. The highest BCUT2D eigenvalue weighted by atomic mass is 32.2. The van der Waals surface area contributed by atoms with Crippen molar-refractivity contribution in [3.05, 3.63) is 12.2 Å². The van der Waals surface area contributed by atoms with Gasteiger partial charge >= 0.3 is 0 Å². The van der Waals surface area contributed by atoms with Gasteiger partial charge in [-0.05, 0) is 32.1 Å². The Morgan fingerprint density at radius 2 is 0.963 bits per heavy atom. The highest BCUT2D eigenvalue weighted by Crippen LogP contribution is 2.12. The summed E-state index contributed by atoms with van der Waals surface area (Å²) in [6.07, 6.45) is 29.2. The molecule has 0 fully saturated rings. The van der Waals surface area contributed by atoms with Crippen LogP contribution in [0.2, 0.25) is 0 Å². The molecule has 0 saturated heterocycles. The van der Waals surface area contributed by atoms with Gasteiger partial charge in [0.1, 0.15) is 0 Å². The van der Waals surface area contributed by atoms with Crippen LogP contribution in [0, 0.1) is 0 Å². The van der Waals surface area contributed by atoms with Crippen LogP contribution in [0.1, 0.15) is 122 Å². The smallest absolute Gasteiger partial charge is 0.264 e. The Morgan fingerprint density at radius 3 is 1.37 bits per heavy atom. The molecule has 0 aliphatic heterocycles. The molecule has 4 heteroatoms. The van der Waals surface area contributed by atoms with E-state index in [-0.39, 0.29) is 0 Å². The molecule has 0 atom stereocenters. The standard InChI is InChI=1S/C23H46O3S/c1-3-4-5-6-7-8-9-10-11-12-13-14-15-16-17-18-19-20-21-22-23-26-27(2,24)25/h10-11H,3-9,12-23H2,1-2H3/b11-10+. The molecule has 0 aromatic heterocycles. The Kier molecular flexibility index (Phi) is 20.1. The molecule has 0 amide bonds. The molecule has 0 N–H and O–H groups in total. The Balaban J connectivity index is 3.11. The van der Waals surface area contributed by atoms with Crippen molar-refractivity contribution in [1.82, 2.24) is 0 Å². The van der Waals surface area contributed by atoms with E-state index in [1.165, 1.54) is 103 Å². The second kappa shape index (κ2) is 20.4. The van der Waals surface area contributed by atoms with Crippen LogP contribution < -0.4 is 0 Å². The van der Waals surface area contributed by atoms with Crippen molar-refractivity contribution in [2.45, 2.75) is 122 Å². The molecular weight excluding hydrogens is 356 g/mol. The van der Waals surface area contributed by atoms with Crippen LogP contribution >= 0.6 is 0 Å². The number of hydrogen-bond donors (Lipinski definition) is 0. The first-order valence-electron chi connectivity index (χ1n) is 11.6. The summed E-state index contributed by atoms with van der Waals surface area (Å²) in [5, 5.41) is 0. The molecule has 0 aromatic rings. The monoisotopic (exact) mass is 402 g/mol. The average Bonchev–Trinajstić information content (AvgIpc) is 2.62. The maximum atomic E-state index is 10.8. The first kappa shape index (κ1) is 26.6. The summed E-state index contributed by atoms with van der Waals surface area (Å²) in [7, 11) is -3.25. The van der Waals surface area contributed by atoms with E-state index in [4.69, 9.17) is 4.18 Å². The number of unbranched alkanes of at least 4 members (excludes halogenated alkanes) is 16. The molecular formula is C23H46O3S. The lowest BCUT2D eigenvalue weighted by Crippen LogP contribution is -2.03. The van der Waals surface area contributed by atoms with E-state index < -0.39 is 10.1 Å². The van der Waals surface area contributed by atoms with E-state index in [0.717, 1.165) is 19.1 Å². The molecule has 0 aliphatic carbocycles. The van der Waals surface area contributed by atoms with Crippen LogP contribution in [0.25, 0.3) is 0 Å². The summed E-state index contributed by atoms with van der Waals surface area (Å²) in [4.78, 5) is 0. The second-order valence-electron chi connectivity index (χ2n) is 7.88. The predicted molar refractivity (Wildman–Crippen MR) is 119 cm³/mol. The fourth-order valence-corrected chi connectivity index (χ4v) is 3.69. The lowest BCUT2D eigenvalue weighted by Gasteiger charge is -2.03. The van der Waals surface area contributed by atoms with Crippen molar-refractivity contribution < 1.29 is 12.6 Å². The van der Waals surface area contributed by atoms with E-state index in [1.54, 1.807) is 0 Å². The Bertz CT molecular complexity index is 415. The predicted octanol–water partition coefficient (Wildman–Crippen LogP) is 7.56. The Labute approximate surface area is 170 Å². The zero-order valence-electron chi connectivity index (χ0n) is 18.2. The summed E-state index contributed by atoms with van der Waals surface area (Å²) in [5.41, 5.74) is 0. The largest absolute Gasteiger partial charge is 0.270 e. The average molecular weight is 403 g/mol. The fraction of sp³-hybridized carbons (Fsp3) is 0.913. The zero-order chi connectivity index (χ0) is 20.1. The third-order valence-corrected chi connectivity index (χ3v) is 5.55. The fourth-order valence-electron chi connectivity index (χ4n) is 3.27. The van der Waals surface area contributed by atoms with Gasteiger partial charge in [0.25, 0.3) is 10.1 Å². The molecule has 0 unspecified atom stereocenters. The van der Waals surface area contributed by atoms with E-state index in [1.807, 2.05) is 0 Å². The van der Waals surface area contributed by atoms with Crippen LogP contribution in [-0.2, 0) is 14.3 Å². The maximum absolute atomic E-state index is 10.8. The third-order valence-electron chi connectivity index (χ3n) is 4.95. The quantitative estimate of drug-likeness (QED) is 0.113. The minimum Gasteiger partial charge on any atom is -0.270 e. The van der Waals surface area contributed by atoms with Gasteiger partial charge in [-0.2, -0.15) is 8.42 Å². The third kappa shape index (κ3) is 25.7. The molecule has 0 saturated carbocycles. The Hall–Kier alpha value is -0.350. The summed E-state index contributed by atoms with van der Waals surface area (Å²) in [6.45, 7) is 2.61. The van der Waals surface area contributed by atoms with Crippen molar-refractivity contribution in [2.24, 2.45) is 0 Å². The van der Waals surface area contributed by atoms with Gasteiger partial charge in [0, 0.05) is 0 Å². The normalized spacial score (nSPS) is 12.2. The number of allylic oxidation sites excluding steroid dienone is 2. The summed E-state index contributed by atoms with van der Waals surface area (Å²) < 4.78 is 26.3. The molecule has 0 rings (SSSR count). The molecule has 0 aliphatic rings. The minimum absolute atomic E-state index is 0.340. The number of rotatable bonds is 21. The first-order valence-corrected chi connectivity index (χ1v) is 13.4. The van der Waals surface area contributed by atoms with Crippen LogP contribution in [-0.4, -0.2) is 21.3 Å².